The van der Waals surface area contributed by atoms with Crippen LogP contribution in [0.4, 0.5) is 13.2 Å². The van der Waals surface area contributed by atoms with Crippen molar-refractivity contribution >= 4 is 23.6 Å². The summed E-state index contributed by atoms with van der Waals surface area (Å²) >= 11 is 1.56. The molecule has 4 aromatic rings. The zero-order chi connectivity index (χ0) is 31.3. The summed E-state index contributed by atoms with van der Waals surface area (Å²) in [6, 6.07) is 22.5. The van der Waals surface area contributed by atoms with Crippen molar-refractivity contribution in [3.05, 3.63) is 107 Å². The van der Waals surface area contributed by atoms with Gasteiger partial charge in [0.1, 0.15) is 5.82 Å². The number of hydrogen-bond acceptors (Lipinski definition) is 5. The summed E-state index contributed by atoms with van der Waals surface area (Å²) in [5, 5.41) is 9.75. The van der Waals surface area contributed by atoms with Crippen molar-refractivity contribution in [2.45, 2.75) is 50.5 Å². The molecule has 2 amide bonds. The van der Waals surface area contributed by atoms with Crippen LogP contribution in [0.25, 0.3) is 5.69 Å². The molecule has 3 aromatic carbocycles. The first-order chi connectivity index (χ1) is 21.1. The molecular weight excluding hydrogens is 587 g/mol. The monoisotopic (exact) mass is 621 g/mol. The molecule has 0 bridgehead atoms. The molecule has 1 aliphatic heterocycles. The SMILES string of the molecule is Cc1cccc(-n2c(Cc3ccccc3)nnc2SCCCC(=O)N2CCN(C(=O)c3cccc(C(F)(F)F)c3)C(C)C2)c1. The molecular formula is C33H34F3N5O2S. The van der Waals surface area contributed by atoms with E-state index in [1.165, 1.54) is 12.1 Å². The maximum absolute atomic E-state index is 13.1. The zero-order valence-electron chi connectivity index (χ0n) is 24.6. The lowest BCUT2D eigenvalue weighted by atomic mass is 10.1. The smallest absolute Gasteiger partial charge is 0.339 e. The van der Waals surface area contributed by atoms with Crippen molar-refractivity contribution < 1.29 is 22.8 Å². The van der Waals surface area contributed by atoms with Crippen molar-refractivity contribution in [1.82, 2.24) is 24.6 Å². The zero-order valence-corrected chi connectivity index (χ0v) is 25.4. The highest BCUT2D eigenvalue weighted by Gasteiger charge is 2.33. The van der Waals surface area contributed by atoms with Gasteiger partial charge >= 0.3 is 6.18 Å². The molecule has 7 nitrogen and oxygen atoms in total. The van der Waals surface area contributed by atoms with Crippen LogP contribution in [0.5, 0.6) is 0 Å². The van der Waals surface area contributed by atoms with E-state index in [0.717, 1.165) is 39.9 Å². The van der Waals surface area contributed by atoms with E-state index in [0.29, 0.717) is 38.1 Å². The topological polar surface area (TPSA) is 71.3 Å². The molecule has 0 saturated carbocycles. The van der Waals surface area contributed by atoms with Crippen molar-refractivity contribution in [3.8, 4) is 5.69 Å². The van der Waals surface area contributed by atoms with Crippen LogP contribution in [-0.2, 0) is 17.4 Å². The summed E-state index contributed by atoms with van der Waals surface area (Å²) in [4.78, 5) is 29.3. The highest BCUT2D eigenvalue weighted by Crippen LogP contribution is 2.30. The molecule has 1 unspecified atom stereocenters. The molecule has 2 heterocycles. The van der Waals surface area contributed by atoms with E-state index < -0.39 is 17.6 Å². The van der Waals surface area contributed by atoms with Crippen molar-refractivity contribution in [3.63, 3.8) is 0 Å². The number of aryl methyl sites for hydroxylation is 1. The standard InChI is InChI=1S/C33H34F3N5O2S/c1-23-9-6-14-28(19-23)41-29(20-25-10-4-3-5-11-25)37-38-32(41)44-18-8-15-30(42)39-16-17-40(24(2)22-39)31(43)26-12-7-13-27(21-26)33(34,35)36/h3-7,9-14,19,21,24H,8,15-18,20,22H2,1-2H3. The van der Waals surface area contributed by atoms with Crippen molar-refractivity contribution in [1.29, 1.82) is 0 Å². The number of amides is 2. The van der Waals surface area contributed by atoms with Crippen LogP contribution in [0.3, 0.4) is 0 Å². The Kier molecular flexibility index (Phi) is 9.73. The number of alkyl halides is 3. The molecule has 1 atom stereocenters. The Labute approximate surface area is 259 Å². The van der Waals surface area contributed by atoms with Gasteiger partial charge in [-0.1, -0.05) is 60.3 Å². The van der Waals surface area contributed by atoms with E-state index in [4.69, 9.17) is 0 Å². The van der Waals surface area contributed by atoms with E-state index in [9.17, 15) is 22.8 Å². The summed E-state index contributed by atoms with van der Waals surface area (Å²) in [6.45, 7) is 4.80. The lowest BCUT2D eigenvalue weighted by Gasteiger charge is -2.40. The highest BCUT2D eigenvalue weighted by molar-refractivity contribution is 7.99. The van der Waals surface area contributed by atoms with Gasteiger partial charge in [-0.15, -0.1) is 10.2 Å². The molecule has 0 spiro atoms. The van der Waals surface area contributed by atoms with E-state index in [1.54, 1.807) is 21.6 Å². The molecule has 0 radical (unpaired) electrons. The summed E-state index contributed by atoms with van der Waals surface area (Å²) in [7, 11) is 0. The third kappa shape index (κ3) is 7.50. The van der Waals surface area contributed by atoms with Gasteiger partial charge in [0.2, 0.25) is 5.91 Å². The van der Waals surface area contributed by atoms with E-state index in [1.807, 2.05) is 50.2 Å². The normalized spacial score (nSPS) is 15.4. The fourth-order valence-electron chi connectivity index (χ4n) is 5.34. The first-order valence-electron chi connectivity index (χ1n) is 14.5. The molecule has 0 N–H and O–H groups in total. The number of piperazine rings is 1. The number of hydrogen-bond donors (Lipinski definition) is 0. The van der Waals surface area contributed by atoms with Gasteiger partial charge in [-0.3, -0.25) is 14.2 Å². The highest BCUT2D eigenvalue weighted by atomic mass is 32.2. The second kappa shape index (κ2) is 13.7. The van der Waals surface area contributed by atoms with Crippen LogP contribution in [-0.4, -0.2) is 67.8 Å². The second-order valence-electron chi connectivity index (χ2n) is 11.0. The Bertz CT molecular complexity index is 1610. The molecule has 1 aliphatic rings. The van der Waals surface area contributed by atoms with Crippen LogP contribution >= 0.6 is 11.8 Å². The second-order valence-corrected chi connectivity index (χ2v) is 12.0. The molecule has 1 aromatic heterocycles. The number of thioether (sulfide) groups is 1. The molecule has 44 heavy (non-hydrogen) atoms. The summed E-state index contributed by atoms with van der Waals surface area (Å²) < 4.78 is 41.5. The fourth-order valence-corrected chi connectivity index (χ4v) is 6.25. The lowest BCUT2D eigenvalue weighted by Crippen LogP contribution is -2.55. The molecule has 230 valence electrons. The van der Waals surface area contributed by atoms with Crippen molar-refractivity contribution in [2.24, 2.45) is 0 Å². The Balaban J connectivity index is 1.16. The Morgan fingerprint density at radius 2 is 1.73 bits per heavy atom. The van der Waals surface area contributed by atoms with Gasteiger partial charge in [0.25, 0.3) is 5.91 Å². The van der Waals surface area contributed by atoms with Gasteiger partial charge in [0.15, 0.2) is 5.16 Å². The average molecular weight is 622 g/mol. The molecule has 1 saturated heterocycles. The van der Waals surface area contributed by atoms with E-state index in [-0.39, 0.29) is 24.1 Å². The third-order valence-electron chi connectivity index (χ3n) is 7.61. The minimum atomic E-state index is -4.52. The van der Waals surface area contributed by atoms with Gasteiger partial charge in [0, 0.05) is 55.5 Å². The minimum Gasteiger partial charge on any atom is -0.339 e. The van der Waals surface area contributed by atoms with Crippen molar-refractivity contribution in [2.75, 3.05) is 25.4 Å². The number of rotatable bonds is 9. The predicted octanol–water partition coefficient (Wildman–Crippen LogP) is 6.43. The quantitative estimate of drug-likeness (QED) is 0.159. The Morgan fingerprint density at radius 3 is 2.45 bits per heavy atom. The van der Waals surface area contributed by atoms with Crippen LogP contribution in [0.2, 0.25) is 0 Å². The van der Waals surface area contributed by atoms with Gasteiger partial charge in [0.05, 0.1) is 5.56 Å². The van der Waals surface area contributed by atoms with Crippen LogP contribution < -0.4 is 0 Å². The van der Waals surface area contributed by atoms with Gasteiger partial charge in [-0.2, -0.15) is 13.2 Å². The van der Waals surface area contributed by atoms with Gasteiger partial charge in [-0.25, -0.2) is 0 Å². The number of carbonyl (C=O) groups excluding carboxylic acids is 2. The van der Waals surface area contributed by atoms with E-state index >= 15 is 0 Å². The summed E-state index contributed by atoms with van der Waals surface area (Å²) in [5.41, 5.74) is 2.41. The maximum Gasteiger partial charge on any atom is 0.416 e. The van der Waals surface area contributed by atoms with E-state index in [2.05, 4.69) is 33.0 Å². The average Bonchev–Trinajstić information content (AvgIpc) is 3.41. The minimum absolute atomic E-state index is 0.00563. The first-order valence-corrected chi connectivity index (χ1v) is 15.5. The lowest BCUT2D eigenvalue weighted by molar-refractivity contribution is -0.137. The van der Waals surface area contributed by atoms with Crippen LogP contribution in [0.15, 0.2) is 84.0 Å². The number of benzene rings is 3. The Morgan fingerprint density at radius 1 is 0.955 bits per heavy atom. The first kappa shape index (κ1) is 31.3. The maximum atomic E-state index is 13.1. The fraction of sp³-hybridized carbons (Fsp3) is 0.333. The number of halogens is 3. The molecule has 11 heteroatoms. The number of aromatic nitrogens is 3. The third-order valence-corrected chi connectivity index (χ3v) is 8.62. The number of carbonyl (C=O) groups is 2. The Hall–Kier alpha value is -4.12. The molecule has 1 fully saturated rings. The summed E-state index contributed by atoms with van der Waals surface area (Å²) in [5.74, 6) is 1.04. The van der Waals surface area contributed by atoms with Gasteiger partial charge in [-0.05, 0) is 61.7 Å². The number of nitrogens with zero attached hydrogens (tertiary/aromatic N) is 5. The van der Waals surface area contributed by atoms with Gasteiger partial charge < -0.3 is 9.80 Å². The molecule has 0 aliphatic carbocycles. The molecule has 5 rings (SSSR count). The summed E-state index contributed by atoms with van der Waals surface area (Å²) in [6.07, 6.45) is -2.90. The largest absolute Gasteiger partial charge is 0.416 e. The van der Waals surface area contributed by atoms with Crippen LogP contribution in [0, 0.1) is 6.92 Å². The van der Waals surface area contributed by atoms with Crippen LogP contribution in [0.1, 0.15) is 52.6 Å². The predicted molar refractivity (Wildman–Crippen MR) is 164 cm³/mol.